The van der Waals surface area contributed by atoms with Crippen LogP contribution in [0.15, 0.2) is 48.5 Å². The van der Waals surface area contributed by atoms with Gasteiger partial charge in [-0.05, 0) is 49.6 Å². The molecule has 2 saturated heterocycles. The predicted octanol–water partition coefficient (Wildman–Crippen LogP) is 3.64. The maximum Gasteiger partial charge on any atom is 0.257 e. The number of nitrogens with zero attached hydrogens (tertiary/aromatic N) is 3. The molecule has 35 heavy (non-hydrogen) atoms. The molecular formula is C27H32N4O3S. The first-order chi connectivity index (χ1) is 17.0. The van der Waals surface area contributed by atoms with E-state index in [1.807, 2.05) is 36.9 Å². The molecule has 1 unspecified atom stereocenters. The number of thioether (sulfide) groups is 1. The maximum absolute atomic E-state index is 13.3. The van der Waals surface area contributed by atoms with Gasteiger partial charge in [-0.15, -0.1) is 0 Å². The highest BCUT2D eigenvalue weighted by Crippen LogP contribution is 2.44. The highest BCUT2D eigenvalue weighted by Gasteiger charge is 2.52. The van der Waals surface area contributed by atoms with Crippen LogP contribution in [0.5, 0.6) is 0 Å². The molecule has 0 bridgehead atoms. The summed E-state index contributed by atoms with van der Waals surface area (Å²) in [6, 6.07) is 15.7. The minimum Gasteiger partial charge on any atom is -0.370 e. The van der Waals surface area contributed by atoms with Crippen molar-refractivity contribution in [3.8, 4) is 0 Å². The van der Waals surface area contributed by atoms with Crippen molar-refractivity contribution in [1.29, 1.82) is 0 Å². The number of hydrogen-bond acceptors (Lipinski definition) is 5. The van der Waals surface area contributed by atoms with Gasteiger partial charge in [0.05, 0.1) is 11.3 Å². The molecule has 5 rings (SSSR count). The Morgan fingerprint density at radius 1 is 1.06 bits per heavy atom. The Hall–Kier alpha value is -3.00. The number of amides is 3. The highest BCUT2D eigenvalue weighted by atomic mass is 32.2. The summed E-state index contributed by atoms with van der Waals surface area (Å²) >= 11 is 2.00. The van der Waals surface area contributed by atoms with Crippen LogP contribution in [0.2, 0.25) is 0 Å². The van der Waals surface area contributed by atoms with E-state index >= 15 is 0 Å². The van der Waals surface area contributed by atoms with Crippen LogP contribution in [0.4, 0.5) is 11.4 Å². The molecule has 0 aromatic heterocycles. The number of nitrogens with one attached hydrogen (secondary N) is 1. The minimum absolute atomic E-state index is 0.0310. The molecule has 2 aromatic carbocycles. The molecule has 0 saturated carbocycles. The zero-order chi connectivity index (χ0) is 24.4. The number of carbonyl (C=O) groups is 3. The second-order valence-corrected chi connectivity index (χ2v) is 10.8. The molecule has 7 nitrogen and oxygen atoms in total. The Morgan fingerprint density at radius 2 is 1.80 bits per heavy atom. The maximum atomic E-state index is 13.3. The molecule has 0 aliphatic carbocycles. The highest BCUT2D eigenvalue weighted by molar-refractivity contribution is 7.99. The second kappa shape index (κ2) is 9.93. The largest absolute Gasteiger partial charge is 0.370 e. The predicted molar refractivity (Wildman–Crippen MR) is 140 cm³/mol. The Bertz CT molecular complexity index is 1120. The minimum atomic E-state index is -0.673. The third-order valence-corrected chi connectivity index (χ3v) is 8.28. The van der Waals surface area contributed by atoms with Crippen molar-refractivity contribution in [2.45, 2.75) is 44.8 Å². The molecule has 2 fully saturated rings. The van der Waals surface area contributed by atoms with Crippen molar-refractivity contribution in [3.05, 3.63) is 59.7 Å². The average molecular weight is 493 g/mol. The third kappa shape index (κ3) is 4.63. The summed E-state index contributed by atoms with van der Waals surface area (Å²) in [6.45, 7) is 5.04. The standard InChI is InChI=1S/C27H32N4O3S/c1-27-13-12-25(33)31(27)23-6-3-2-5-22(23)26(34)30(27)14-4-7-24(32)28-19-20-8-10-21(11-9-20)29-15-17-35-18-16-29/h2-3,5-6,8-11H,4,7,12-19H2,1H3,(H,28,32). The van der Waals surface area contributed by atoms with Gasteiger partial charge in [0.15, 0.2) is 0 Å². The normalized spacial score (nSPS) is 21.7. The smallest absolute Gasteiger partial charge is 0.257 e. The molecule has 0 radical (unpaired) electrons. The quantitative estimate of drug-likeness (QED) is 0.639. The lowest BCUT2D eigenvalue weighted by molar-refractivity contribution is -0.121. The monoisotopic (exact) mass is 492 g/mol. The van der Waals surface area contributed by atoms with Gasteiger partial charge in [-0.3, -0.25) is 19.3 Å². The van der Waals surface area contributed by atoms with Crippen LogP contribution in [0.3, 0.4) is 0 Å². The summed E-state index contributed by atoms with van der Waals surface area (Å²) in [5, 5.41) is 3.00. The lowest BCUT2D eigenvalue weighted by Crippen LogP contribution is -2.62. The third-order valence-electron chi connectivity index (χ3n) is 7.33. The molecular weight excluding hydrogens is 460 g/mol. The van der Waals surface area contributed by atoms with E-state index in [1.54, 1.807) is 15.9 Å². The fourth-order valence-corrected chi connectivity index (χ4v) is 6.28. The van der Waals surface area contributed by atoms with E-state index in [-0.39, 0.29) is 17.7 Å². The van der Waals surface area contributed by atoms with Crippen LogP contribution in [0.1, 0.15) is 48.5 Å². The lowest BCUT2D eigenvalue weighted by Gasteiger charge is -2.48. The second-order valence-electron chi connectivity index (χ2n) is 9.57. The fourth-order valence-electron chi connectivity index (χ4n) is 5.37. The molecule has 8 heteroatoms. The van der Waals surface area contributed by atoms with E-state index in [2.05, 4.69) is 34.5 Å². The van der Waals surface area contributed by atoms with Gasteiger partial charge in [0.1, 0.15) is 5.66 Å². The van der Waals surface area contributed by atoms with Crippen molar-refractivity contribution in [2.24, 2.45) is 0 Å². The molecule has 3 aliphatic rings. The number of para-hydroxylation sites is 1. The summed E-state index contributed by atoms with van der Waals surface area (Å²) in [6.07, 6.45) is 1.90. The molecule has 2 aromatic rings. The Kier molecular flexibility index (Phi) is 6.73. The number of rotatable bonds is 7. The number of fused-ring (bicyclic) bond motifs is 3. The molecule has 0 spiro atoms. The summed E-state index contributed by atoms with van der Waals surface area (Å²) in [4.78, 5) is 44.4. The summed E-state index contributed by atoms with van der Waals surface area (Å²) in [7, 11) is 0. The Morgan fingerprint density at radius 3 is 2.57 bits per heavy atom. The van der Waals surface area contributed by atoms with Gasteiger partial charge in [-0.25, -0.2) is 0 Å². The van der Waals surface area contributed by atoms with Gasteiger partial charge < -0.3 is 15.1 Å². The van der Waals surface area contributed by atoms with Gasteiger partial charge in [0, 0.05) is 56.2 Å². The molecule has 1 atom stereocenters. The van der Waals surface area contributed by atoms with Crippen LogP contribution in [-0.4, -0.2) is 59.4 Å². The summed E-state index contributed by atoms with van der Waals surface area (Å²) < 4.78 is 0. The number of benzene rings is 2. The number of hydrogen-bond donors (Lipinski definition) is 1. The van der Waals surface area contributed by atoms with E-state index < -0.39 is 5.66 Å². The van der Waals surface area contributed by atoms with Crippen LogP contribution in [0.25, 0.3) is 0 Å². The molecule has 184 valence electrons. The van der Waals surface area contributed by atoms with E-state index in [0.717, 1.165) is 18.7 Å². The molecule has 3 amide bonds. The first-order valence-corrected chi connectivity index (χ1v) is 13.6. The Labute approximate surface area is 210 Å². The van der Waals surface area contributed by atoms with E-state index in [0.29, 0.717) is 50.0 Å². The van der Waals surface area contributed by atoms with Crippen molar-refractivity contribution in [2.75, 3.05) is 40.9 Å². The average Bonchev–Trinajstić information content (AvgIpc) is 3.20. The zero-order valence-electron chi connectivity index (χ0n) is 20.2. The van der Waals surface area contributed by atoms with Gasteiger partial charge in [-0.2, -0.15) is 11.8 Å². The first kappa shape index (κ1) is 23.7. The SMILES string of the molecule is CC12CCC(=O)N1c1ccccc1C(=O)N2CCCC(=O)NCc1ccc(N2CCSCC2)cc1. The van der Waals surface area contributed by atoms with Crippen molar-refractivity contribution >= 4 is 40.9 Å². The molecule has 3 heterocycles. The van der Waals surface area contributed by atoms with Crippen LogP contribution in [-0.2, 0) is 16.1 Å². The van der Waals surface area contributed by atoms with E-state index in [1.165, 1.54) is 17.2 Å². The van der Waals surface area contributed by atoms with Crippen molar-refractivity contribution < 1.29 is 14.4 Å². The first-order valence-electron chi connectivity index (χ1n) is 12.4. The summed E-state index contributed by atoms with van der Waals surface area (Å²) in [5.41, 5.74) is 2.89. The Balaban J connectivity index is 1.14. The fraction of sp³-hybridized carbons (Fsp3) is 0.444. The van der Waals surface area contributed by atoms with Crippen LogP contribution in [0, 0.1) is 0 Å². The number of carbonyl (C=O) groups excluding carboxylic acids is 3. The number of anilines is 2. The van der Waals surface area contributed by atoms with Gasteiger partial charge in [-0.1, -0.05) is 24.3 Å². The van der Waals surface area contributed by atoms with E-state index in [9.17, 15) is 14.4 Å². The summed E-state index contributed by atoms with van der Waals surface area (Å²) in [5.74, 6) is 2.28. The molecule has 1 N–H and O–H groups in total. The van der Waals surface area contributed by atoms with Crippen LogP contribution < -0.4 is 15.1 Å². The van der Waals surface area contributed by atoms with Crippen molar-refractivity contribution in [1.82, 2.24) is 10.2 Å². The van der Waals surface area contributed by atoms with Gasteiger partial charge in [0.25, 0.3) is 5.91 Å². The van der Waals surface area contributed by atoms with Gasteiger partial charge >= 0.3 is 0 Å². The van der Waals surface area contributed by atoms with E-state index in [4.69, 9.17) is 0 Å². The lowest BCUT2D eigenvalue weighted by atomic mass is 9.98. The molecule has 3 aliphatic heterocycles. The van der Waals surface area contributed by atoms with Crippen LogP contribution >= 0.6 is 11.8 Å². The zero-order valence-corrected chi connectivity index (χ0v) is 21.0. The topological polar surface area (TPSA) is 73.0 Å². The van der Waals surface area contributed by atoms with Gasteiger partial charge in [0.2, 0.25) is 11.8 Å². The van der Waals surface area contributed by atoms with Crippen molar-refractivity contribution in [3.63, 3.8) is 0 Å².